The number of hydrogen-bond donors (Lipinski definition) is 2. The van der Waals surface area contributed by atoms with E-state index >= 15 is 0 Å². The zero-order chi connectivity index (χ0) is 22.4. The Bertz CT molecular complexity index is 1110. The third-order valence-electron chi connectivity index (χ3n) is 4.61. The predicted molar refractivity (Wildman–Crippen MR) is 114 cm³/mol. The Morgan fingerprint density at radius 3 is 2.45 bits per heavy atom. The molecule has 3 aromatic rings. The highest BCUT2D eigenvalue weighted by atomic mass is 19.1. The van der Waals surface area contributed by atoms with Crippen LogP contribution in [0, 0.1) is 11.6 Å². The van der Waals surface area contributed by atoms with Crippen molar-refractivity contribution in [3.63, 3.8) is 0 Å². The van der Waals surface area contributed by atoms with Gasteiger partial charge in [-0.25, -0.2) is 13.6 Å². The number of carbonyl (C=O) groups excluding carboxylic acids is 1. The lowest BCUT2D eigenvalue weighted by atomic mass is 10.0. The first kappa shape index (κ1) is 22.0. The number of nitrogens with one attached hydrogen (secondary N) is 1. The second-order valence-corrected chi connectivity index (χ2v) is 6.84. The largest absolute Gasteiger partial charge is 0.494 e. The van der Waals surface area contributed by atoms with E-state index in [1.54, 1.807) is 24.3 Å². The van der Waals surface area contributed by atoms with Crippen LogP contribution in [0.4, 0.5) is 14.5 Å². The molecule has 2 N–H and O–H groups in total. The molecule has 0 bridgehead atoms. The van der Waals surface area contributed by atoms with E-state index in [1.165, 1.54) is 24.3 Å². The molecule has 0 saturated carbocycles. The number of carboxylic acid groups (broad SMARTS) is 1. The molecule has 0 radical (unpaired) electrons. The summed E-state index contributed by atoms with van der Waals surface area (Å²) in [6, 6.07) is 14.0. The molecule has 0 aliphatic rings. The molecule has 5 nitrogen and oxygen atoms in total. The normalized spacial score (nSPS) is 10.5. The van der Waals surface area contributed by atoms with Crippen molar-refractivity contribution in [3.05, 3.63) is 83.4 Å². The molecule has 0 aliphatic carbocycles. The molecule has 0 saturated heterocycles. The number of ether oxygens (including phenoxy) is 1. The van der Waals surface area contributed by atoms with Gasteiger partial charge in [-0.05, 0) is 42.3 Å². The highest BCUT2D eigenvalue weighted by Gasteiger charge is 2.20. The van der Waals surface area contributed by atoms with Gasteiger partial charge in [0.05, 0.1) is 23.4 Å². The number of hydrogen-bond acceptors (Lipinski definition) is 3. The van der Waals surface area contributed by atoms with Crippen LogP contribution in [0.15, 0.2) is 60.7 Å². The van der Waals surface area contributed by atoms with Gasteiger partial charge in [-0.2, -0.15) is 0 Å². The summed E-state index contributed by atoms with van der Waals surface area (Å²) in [7, 11) is 0. The van der Waals surface area contributed by atoms with Crippen molar-refractivity contribution in [2.45, 2.75) is 19.8 Å². The third kappa shape index (κ3) is 5.25. The molecule has 3 aromatic carbocycles. The van der Waals surface area contributed by atoms with E-state index in [0.717, 1.165) is 18.9 Å². The monoisotopic (exact) mass is 425 g/mol. The molecule has 0 aliphatic heterocycles. The Kier molecular flexibility index (Phi) is 6.97. The van der Waals surface area contributed by atoms with E-state index in [1.807, 2.05) is 6.92 Å². The summed E-state index contributed by atoms with van der Waals surface area (Å²) < 4.78 is 34.4. The average molecular weight is 425 g/mol. The maximum Gasteiger partial charge on any atom is 0.336 e. The molecule has 0 fully saturated rings. The molecule has 3 rings (SSSR count). The SMILES string of the molecule is CCCCOc1cccc(-c2cc(F)cc(F)c2NC(=O)c2ccccc2C(=O)O)c1. The molecule has 160 valence electrons. The molecule has 7 heteroatoms. The number of carboxylic acids is 1. The van der Waals surface area contributed by atoms with Crippen LogP contribution in [0.3, 0.4) is 0 Å². The van der Waals surface area contributed by atoms with Gasteiger partial charge in [-0.3, -0.25) is 4.79 Å². The second-order valence-electron chi connectivity index (χ2n) is 6.84. The molecule has 0 aromatic heterocycles. The fourth-order valence-electron chi connectivity index (χ4n) is 3.06. The van der Waals surface area contributed by atoms with Gasteiger partial charge in [-0.1, -0.05) is 37.6 Å². The molecule has 0 spiro atoms. The number of unbranched alkanes of at least 4 members (excludes halogenated alkanes) is 1. The van der Waals surface area contributed by atoms with E-state index in [0.29, 0.717) is 24.0 Å². The van der Waals surface area contributed by atoms with Gasteiger partial charge in [0.1, 0.15) is 17.4 Å². The maximum absolute atomic E-state index is 14.7. The summed E-state index contributed by atoms with van der Waals surface area (Å²) in [6.07, 6.45) is 1.83. The molecular formula is C24H21F2NO4. The van der Waals surface area contributed by atoms with E-state index < -0.39 is 23.5 Å². The van der Waals surface area contributed by atoms with Crippen LogP contribution in [0.5, 0.6) is 5.75 Å². The van der Waals surface area contributed by atoms with E-state index in [2.05, 4.69) is 5.32 Å². The molecular weight excluding hydrogens is 404 g/mol. The minimum Gasteiger partial charge on any atom is -0.494 e. The van der Waals surface area contributed by atoms with Crippen LogP contribution in [-0.4, -0.2) is 23.6 Å². The Hall–Kier alpha value is -3.74. The summed E-state index contributed by atoms with van der Waals surface area (Å²) in [4.78, 5) is 24.1. The lowest BCUT2D eigenvalue weighted by Crippen LogP contribution is -2.17. The first-order valence-electron chi connectivity index (χ1n) is 9.76. The van der Waals surface area contributed by atoms with E-state index in [9.17, 15) is 23.5 Å². The van der Waals surface area contributed by atoms with E-state index in [-0.39, 0.29) is 22.4 Å². The fourth-order valence-corrected chi connectivity index (χ4v) is 3.06. The smallest absolute Gasteiger partial charge is 0.336 e. The van der Waals surface area contributed by atoms with Gasteiger partial charge in [0.2, 0.25) is 0 Å². The summed E-state index contributed by atoms with van der Waals surface area (Å²) >= 11 is 0. The quantitative estimate of drug-likeness (QED) is 0.450. The van der Waals surface area contributed by atoms with E-state index in [4.69, 9.17) is 4.74 Å². The number of carbonyl (C=O) groups is 2. The van der Waals surface area contributed by atoms with Crippen molar-refractivity contribution in [2.24, 2.45) is 0 Å². The Morgan fingerprint density at radius 2 is 1.74 bits per heavy atom. The van der Waals surface area contributed by atoms with Crippen LogP contribution in [-0.2, 0) is 0 Å². The number of amides is 1. The van der Waals surface area contributed by atoms with Crippen molar-refractivity contribution in [2.75, 3.05) is 11.9 Å². The van der Waals surface area contributed by atoms with Crippen LogP contribution < -0.4 is 10.1 Å². The first-order valence-corrected chi connectivity index (χ1v) is 9.76. The number of aromatic carboxylic acids is 1. The standard InChI is InChI=1S/C24H21F2NO4/c1-2-3-11-31-17-8-6-7-15(12-17)20-13-16(25)14-21(26)22(20)27-23(28)18-9-4-5-10-19(18)24(29)30/h4-10,12-14H,2-3,11H2,1H3,(H,27,28)(H,29,30). The number of rotatable bonds is 8. The molecule has 1 amide bonds. The van der Waals surface area contributed by atoms with Crippen molar-refractivity contribution < 1.29 is 28.2 Å². The Labute approximate surface area is 178 Å². The summed E-state index contributed by atoms with van der Waals surface area (Å²) in [6.45, 7) is 2.54. The number of anilines is 1. The Morgan fingerprint density at radius 1 is 1.00 bits per heavy atom. The van der Waals surface area contributed by atoms with Crippen molar-refractivity contribution in [1.29, 1.82) is 0 Å². The van der Waals surface area contributed by atoms with Crippen LogP contribution >= 0.6 is 0 Å². The zero-order valence-electron chi connectivity index (χ0n) is 16.8. The fraction of sp³-hybridized carbons (Fsp3) is 0.167. The van der Waals surface area contributed by atoms with Crippen LogP contribution in [0.25, 0.3) is 11.1 Å². The molecule has 0 atom stereocenters. The third-order valence-corrected chi connectivity index (χ3v) is 4.61. The highest BCUT2D eigenvalue weighted by Crippen LogP contribution is 2.34. The summed E-state index contributed by atoms with van der Waals surface area (Å²) in [5, 5.41) is 11.7. The van der Waals surface area contributed by atoms with Gasteiger partial charge in [0.15, 0.2) is 0 Å². The lowest BCUT2D eigenvalue weighted by molar-refractivity contribution is 0.0692. The van der Waals surface area contributed by atoms with Crippen molar-refractivity contribution >= 4 is 17.6 Å². The zero-order valence-corrected chi connectivity index (χ0v) is 16.8. The van der Waals surface area contributed by atoms with Gasteiger partial charge in [-0.15, -0.1) is 0 Å². The lowest BCUT2D eigenvalue weighted by Gasteiger charge is -2.15. The minimum absolute atomic E-state index is 0.111. The number of benzene rings is 3. The second kappa shape index (κ2) is 9.84. The van der Waals surface area contributed by atoms with Crippen molar-refractivity contribution in [1.82, 2.24) is 0 Å². The van der Waals surface area contributed by atoms with Gasteiger partial charge < -0.3 is 15.2 Å². The molecule has 31 heavy (non-hydrogen) atoms. The summed E-state index contributed by atoms with van der Waals surface area (Å²) in [5.41, 5.74) is -0.0668. The maximum atomic E-state index is 14.7. The van der Waals surface area contributed by atoms with Gasteiger partial charge >= 0.3 is 5.97 Å². The van der Waals surface area contributed by atoms with Crippen molar-refractivity contribution in [3.8, 4) is 16.9 Å². The molecule has 0 heterocycles. The topological polar surface area (TPSA) is 75.6 Å². The van der Waals surface area contributed by atoms with Crippen LogP contribution in [0.1, 0.15) is 40.5 Å². The average Bonchev–Trinajstić information content (AvgIpc) is 2.75. The molecule has 0 unspecified atom stereocenters. The Balaban J connectivity index is 1.99. The number of halogens is 2. The van der Waals surface area contributed by atoms with Gasteiger partial charge in [0.25, 0.3) is 5.91 Å². The van der Waals surface area contributed by atoms with Gasteiger partial charge in [0, 0.05) is 11.6 Å². The minimum atomic E-state index is -1.29. The van der Waals surface area contributed by atoms with Crippen LogP contribution in [0.2, 0.25) is 0 Å². The first-order chi connectivity index (χ1) is 14.9. The highest BCUT2D eigenvalue weighted by molar-refractivity contribution is 6.11. The predicted octanol–water partition coefficient (Wildman–Crippen LogP) is 5.76. The summed E-state index contributed by atoms with van der Waals surface area (Å²) in [5.74, 6) is -3.37.